The molecular formula is C15H18BrF2NO. The Bertz CT molecular complexity index is 461. The molecule has 1 fully saturated rings. The molecule has 1 aromatic carbocycles. The summed E-state index contributed by atoms with van der Waals surface area (Å²) in [6.07, 6.45) is 4.67. The van der Waals surface area contributed by atoms with Gasteiger partial charge in [-0.1, -0.05) is 28.8 Å². The van der Waals surface area contributed by atoms with Crippen molar-refractivity contribution in [3.8, 4) is 0 Å². The molecule has 2 unspecified atom stereocenters. The van der Waals surface area contributed by atoms with Crippen LogP contribution < -0.4 is 5.32 Å². The van der Waals surface area contributed by atoms with Crippen LogP contribution in [-0.4, -0.2) is 17.8 Å². The molecular weight excluding hydrogens is 328 g/mol. The second-order valence-corrected chi connectivity index (χ2v) is 5.97. The van der Waals surface area contributed by atoms with Crippen LogP contribution in [0.1, 0.15) is 36.0 Å². The Morgan fingerprint density at radius 1 is 1.15 bits per heavy atom. The van der Waals surface area contributed by atoms with E-state index in [-0.39, 0.29) is 5.56 Å². The second-order valence-electron chi connectivity index (χ2n) is 5.33. The highest BCUT2D eigenvalue weighted by Crippen LogP contribution is 2.30. The number of amides is 1. The van der Waals surface area contributed by atoms with Gasteiger partial charge >= 0.3 is 0 Å². The maximum atomic E-state index is 13.1. The summed E-state index contributed by atoms with van der Waals surface area (Å²) in [7, 11) is 0. The molecule has 0 heterocycles. The Labute approximate surface area is 126 Å². The number of carbonyl (C=O) groups is 1. The fraction of sp³-hybridized carbons (Fsp3) is 0.533. The van der Waals surface area contributed by atoms with Crippen molar-refractivity contribution >= 4 is 21.8 Å². The van der Waals surface area contributed by atoms with E-state index in [4.69, 9.17) is 0 Å². The van der Waals surface area contributed by atoms with Gasteiger partial charge in [0.1, 0.15) is 11.6 Å². The SMILES string of the molecule is O=C(NCC1CCCCC1CBr)c1cc(F)cc(F)c1. The average Bonchev–Trinajstić information content (AvgIpc) is 2.44. The minimum absolute atomic E-state index is 0.0358. The number of hydrogen-bond donors (Lipinski definition) is 1. The number of hydrogen-bond acceptors (Lipinski definition) is 1. The van der Waals surface area contributed by atoms with Gasteiger partial charge in [0, 0.05) is 23.5 Å². The van der Waals surface area contributed by atoms with Crippen LogP contribution in [0.5, 0.6) is 0 Å². The molecule has 110 valence electrons. The first-order valence-corrected chi connectivity index (χ1v) is 8.02. The standard InChI is InChI=1S/C15H18BrF2NO/c16-8-10-3-1-2-4-11(10)9-19-15(20)12-5-13(17)7-14(18)6-12/h5-7,10-11H,1-4,8-9H2,(H,19,20). The quantitative estimate of drug-likeness (QED) is 0.824. The van der Waals surface area contributed by atoms with Gasteiger partial charge in [0.25, 0.3) is 5.91 Å². The third kappa shape index (κ3) is 4.01. The zero-order chi connectivity index (χ0) is 14.5. The van der Waals surface area contributed by atoms with E-state index >= 15 is 0 Å². The molecule has 0 aromatic heterocycles. The van der Waals surface area contributed by atoms with E-state index in [9.17, 15) is 13.6 Å². The van der Waals surface area contributed by atoms with E-state index in [0.717, 1.165) is 30.0 Å². The average molecular weight is 346 g/mol. The number of benzene rings is 1. The Kier molecular flexibility index (Phi) is 5.52. The van der Waals surface area contributed by atoms with Crippen LogP contribution >= 0.6 is 15.9 Å². The summed E-state index contributed by atoms with van der Waals surface area (Å²) in [5.41, 5.74) is 0.0358. The molecule has 0 radical (unpaired) electrons. The second kappa shape index (κ2) is 7.16. The van der Waals surface area contributed by atoms with Crippen LogP contribution in [0, 0.1) is 23.5 Å². The summed E-state index contributed by atoms with van der Waals surface area (Å²) in [6.45, 7) is 0.563. The maximum absolute atomic E-state index is 13.1. The lowest BCUT2D eigenvalue weighted by molar-refractivity contribution is 0.0936. The van der Waals surface area contributed by atoms with Crippen molar-refractivity contribution in [2.75, 3.05) is 11.9 Å². The molecule has 2 rings (SSSR count). The fourth-order valence-corrected chi connectivity index (χ4v) is 3.62. The van der Waals surface area contributed by atoms with E-state index in [2.05, 4.69) is 21.2 Å². The lowest BCUT2D eigenvalue weighted by Gasteiger charge is -2.30. The van der Waals surface area contributed by atoms with E-state index in [1.807, 2.05) is 0 Å². The molecule has 1 amide bonds. The third-order valence-electron chi connectivity index (χ3n) is 3.91. The van der Waals surface area contributed by atoms with Crippen molar-refractivity contribution in [2.24, 2.45) is 11.8 Å². The summed E-state index contributed by atoms with van der Waals surface area (Å²) >= 11 is 3.51. The summed E-state index contributed by atoms with van der Waals surface area (Å²) in [5, 5.41) is 3.73. The Balaban J connectivity index is 1.94. The minimum Gasteiger partial charge on any atom is -0.352 e. The van der Waals surface area contributed by atoms with Crippen molar-refractivity contribution in [3.63, 3.8) is 0 Å². The number of carbonyl (C=O) groups excluding carboxylic acids is 1. The molecule has 1 saturated carbocycles. The predicted octanol–water partition coefficient (Wildman–Crippen LogP) is 3.90. The Hall–Kier alpha value is -0.970. The third-order valence-corrected chi connectivity index (χ3v) is 4.75. The molecule has 1 aliphatic carbocycles. The first-order valence-electron chi connectivity index (χ1n) is 6.90. The Morgan fingerprint density at radius 3 is 2.35 bits per heavy atom. The van der Waals surface area contributed by atoms with Crippen LogP contribution in [0.25, 0.3) is 0 Å². The van der Waals surface area contributed by atoms with Crippen LogP contribution in [-0.2, 0) is 0 Å². The molecule has 1 N–H and O–H groups in total. The lowest BCUT2D eigenvalue weighted by atomic mass is 9.80. The van der Waals surface area contributed by atoms with Crippen LogP contribution in [0.15, 0.2) is 18.2 Å². The molecule has 0 saturated heterocycles. The summed E-state index contributed by atoms with van der Waals surface area (Å²) < 4.78 is 26.1. The summed E-state index contributed by atoms with van der Waals surface area (Å²) in [6, 6.07) is 2.88. The molecule has 0 spiro atoms. The smallest absolute Gasteiger partial charge is 0.251 e. The van der Waals surface area contributed by atoms with Gasteiger partial charge in [0.15, 0.2) is 0 Å². The highest BCUT2D eigenvalue weighted by atomic mass is 79.9. The van der Waals surface area contributed by atoms with Gasteiger partial charge in [-0.05, 0) is 36.8 Å². The zero-order valence-corrected chi connectivity index (χ0v) is 12.8. The Morgan fingerprint density at radius 2 is 1.75 bits per heavy atom. The van der Waals surface area contributed by atoms with Gasteiger partial charge in [0.05, 0.1) is 0 Å². The van der Waals surface area contributed by atoms with Gasteiger partial charge in [-0.15, -0.1) is 0 Å². The molecule has 1 aliphatic rings. The highest BCUT2D eigenvalue weighted by Gasteiger charge is 2.24. The predicted molar refractivity (Wildman–Crippen MR) is 77.9 cm³/mol. The molecule has 1 aromatic rings. The largest absolute Gasteiger partial charge is 0.352 e. The summed E-state index contributed by atoms with van der Waals surface area (Å²) in [4.78, 5) is 11.9. The molecule has 0 aliphatic heterocycles. The van der Waals surface area contributed by atoms with Gasteiger partial charge < -0.3 is 5.32 Å². The van der Waals surface area contributed by atoms with Crippen molar-refractivity contribution in [1.29, 1.82) is 0 Å². The number of rotatable bonds is 4. The summed E-state index contributed by atoms with van der Waals surface area (Å²) in [5.74, 6) is -0.877. The number of nitrogens with one attached hydrogen (secondary N) is 1. The molecule has 2 nitrogen and oxygen atoms in total. The first kappa shape index (κ1) is 15.4. The fourth-order valence-electron chi connectivity index (χ4n) is 2.77. The highest BCUT2D eigenvalue weighted by molar-refractivity contribution is 9.09. The number of halogens is 3. The van der Waals surface area contributed by atoms with Crippen LogP contribution in [0.3, 0.4) is 0 Å². The lowest BCUT2D eigenvalue weighted by Crippen LogP contribution is -2.34. The van der Waals surface area contributed by atoms with Crippen LogP contribution in [0.4, 0.5) is 8.78 Å². The van der Waals surface area contributed by atoms with Crippen molar-refractivity contribution in [3.05, 3.63) is 35.4 Å². The molecule has 5 heteroatoms. The topological polar surface area (TPSA) is 29.1 Å². The van der Waals surface area contributed by atoms with E-state index in [1.54, 1.807) is 0 Å². The van der Waals surface area contributed by atoms with E-state index in [1.165, 1.54) is 19.3 Å². The molecule has 20 heavy (non-hydrogen) atoms. The van der Waals surface area contributed by atoms with Crippen molar-refractivity contribution in [1.82, 2.24) is 5.32 Å². The molecule has 0 bridgehead atoms. The van der Waals surface area contributed by atoms with E-state index in [0.29, 0.717) is 18.4 Å². The first-order chi connectivity index (χ1) is 9.60. The molecule has 2 atom stereocenters. The van der Waals surface area contributed by atoms with Gasteiger partial charge in [-0.25, -0.2) is 8.78 Å². The van der Waals surface area contributed by atoms with Crippen molar-refractivity contribution < 1.29 is 13.6 Å². The number of alkyl halides is 1. The van der Waals surface area contributed by atoms with Crippen LogP contribution in [0.2, 0.25) is 0 Å². The monoisotopic (exact) mass is 345 g/mol. The maximum Gasteiger partial charge on any atom is 0.251 e. The zero-order valence-electron chi connectivity index (χ0n) is 11.2. The normalized spacial score (nSPS) is 22.6. The van der Waals surface area contributed by atoms with Crippen molar-refractivity contribution in [2.45, 2.75) is 25.7 Å². The van der Waals surface area contributed by atoms with Gasteiger partial charge in [0.2, 0.25) is 0 Å². The van der Waals surface area contributed by atoms with E-state index < -0.39 is 17.5 Å². The van der Waals surface area contributed by atoms with Gasteiger partial charge in [-0.2, -0.15) is 0 Å². The van der Waals surface area contributed by atoms with Gasteiger partial charge in [-0.3, -0.25) is 4.79 Å². The minimum atomic E-state index is -0.730.